The van der Waals surface area contributed by atoms with Gasteiger partial charge in [0.25, 0.3) is 5.91 Å². The summed E-state index contributed by atoms with van der Waals surface area (Å²) in [6, 6.07) is 6.27. The second-order valence-electron chi connectivity index (χ2n) is 5.37. The molecular formula is C14H23N5O. The predicted octanol–water partition coefficient (Wildman–Crippen LogP) is 0.726. The SMILES string of the molecule is CN(CC(=O)NNc1ccccn1)C1CCC(N)CC1. The van der Waals surface area contributed by atoms with Crippen molar-refractivity contribution in [1.29, 1.82) is 0 Å². The highest BCUT2D eigenvalue weighted by atomic mass is 16.2. The number of carbonyl (C=O) groups excluding carboxylic acids is 1. The molecule has 1 aliphatic carbocycles. The normalized spacial score (nSPS) is 22.6. The Bertz CT molecular complexity index is 417. The molecule has 20 heavy (non-hydrogen) atoms. The molecule has 0 aliphatic heterocycles. The van der Waals surface area contributed by atoms with Crippen LogP contribution >= 0.6 is 0 Å². The van der Waals surface area contributed by atoms with Gasteiger partial charge in [-0.05, 0) is 44.9 Å². The summed E-state index contributed by atoms with van der Waals surface area (Å²) in [4.78, 5) is 18.0. The molecule has 1 aromatic rings. The van der Waals surface area contributed by atoms with Crippen LogP contribution in [0.1, 0.15) is 25.7 Å². The number of anilines is 1. The second kappa shape index (κ2) is 7.21. The van der Waals surface area contributed by atoms with Gasteiger partial charge in [0.1, 0.15) is 5.82 Å². The lowest BCUT2D eigenvalue weighted by atomic mass is 9.91. The molecule has 1 amide bonds. The summed E-state index contributed by atoms with van der Waals surface area (Å²) in [6.07, 6.45) is 5.90. The monoisotopic (exact) mass is 277 g/mol. The fourth-order valence-corrected chi connectivity index (χ4v) is 2.51. The van der Waals surface area contributed by atoms with Gasteiger partial charge in [0.2, 0.25) is 0 Å². The predicted molar refractivity (Wildman–Crippen MR) is 78.9 cm³/mol. The summed E-state index contributed by atoms with van der Waals surface area (Å²) in [5.41, 5.74) is 11.4. The summed E-state index contributed by atoms with van der Waals surface area (Å²) in [6.45, 7) is 0.375. The zero-order chi connectivity index (χ0) is 14.4. The molecule has 0 radical (unpaired) electrons. The van der Waals surface area contributed by atoms with E-state index in [1.165, 1.54) is 0 Å². The van der Waals surface area contributed by atoms with Gasteiger partial charge in [0.05, 0.1) is 6.54 Å². The zero-order valence-corrected chi connectivity index (χ0v) is 11.9. The molecule has 0 unspecified atom stereocenters. The van der Waals surface area contributed by atoms with Crippen molar-refractivity contribution in [2.45, 2.75) is 37.8 Å². The molecule has 0 atom stereocenters. The Hall–Kier alpha value is -1.66. The summed E-state index contributed by atoms with van der Waals surface area (Å²) in [5, 5.41) is 0. The van der Waals surface area contributed by atoms with E-state index in [2.05, 4.69) is 20.7 Å². The lowest BCUT2D eigenvalue weighted by Gasteiger charge is -2.33. The molecule has 4 N–H and O–H groups in total. The highest BCUT2D eigenvalue weighted by Crippen LogP contribution is 2.20. The van der Waals surface area contributed by atoms with Gasteiger partial charge < -0.3 is 5.73 Å². The average Bonchev–Trinajstić information content (AvgIpc) is 2.47. The Morgan fingerprint density at radius 3 is 2.80 bits per heavy atom. The number of amides is 1. The van der Waals surface area contributed by atoms with E-state index < -0.39 is 0 Å². The molecule has 0 bridgehead atoms. The Morgan fingerprint density at radius 1 is 1.40 bits per heavy atom. The van der Waals surface area contributed by atoms with E-state index in [4.69, 9.17) is 5.73 Å². The van der Waals surface area contributed by atoms with Crippen molar-refractivity contribution in [3.05, 3.63) is 24.4 Å². The first-order valence-electron chi connectivity index (χ1n) is 7.07. The van der Waals surface area contributed by atoms with Gasteiger partial charge in [-0.15, -0.1) is 0 Å². The van der Waals surface area contributed by atoms with E-state index in [1.807, 2.05) is 19.2 Å². The fourth-order valence-electron chi connectivity index (χ4n) is 2.51. The van der Waals surface area contributed by atoms with Crippen LogP contribution in [0.3, 0.4) is 0 Å². The average molecular weight is 277 g/mol. The van der Waals surface area contributed by atoms with Gasteiger partial charge in [0, 0.05) is 18.3 Å². The second-order valence-corrected chi connectivity index (χ2v) is 5.37. The van der Waals surface area contributed by atoms with Crippen LogP contribution in [0.2, 0.25) is 0 Å². The molecular weight excluding hydrogens is 254 g/mol. The Labute approximate surface area is 119 Å². The molecule has 1 saturated carbocycles. The van der Waals surface area contributed by atoms with Crippen LogP contribution in [0.5, 0.6) is 0 Å². The number of aromatic nitrogens is 1. The van der Waals surface area contributed by atoms with Crippen molar-refractivity contribution in [3.8, 4) is 0 Å². The van der Waals surface area contributed by atoms with Crippen LogP contribution in [-0.4, -0.2) is 41.5 Å². The van der Waals surface area contributed by atoms with Crippen LogP contribution in [0, 0.1) is 0 Å². The van der Waals surface area contributed by atoms with Gasteiger partial charge >= 0.3 is 0 Å². The Kier molecular flexibility index (Phi) is 5.31. The van der Waals surface area contributed by atoms with E-state index in [1.54, 1.807) is 12.3 Å². The van der Waals surface area contributed by atoms with Gasteiger partial charge in [-0.1, -0.05) is 6.07 Å². The maximum absolute atomic E-state index is 11.9. The largest absolute Gasteiger partial charge is 0.328 e. The van der Waals surface area contributed by atoms with Gasteiger partial charge in [-0.2, -0.15) is 0 Å². The third-order valence-electron chi connectivity index (χ3n) is 3.75. The van der Waals surface area contributed by atoms with E-state index >= 15 is 0 Å². The van der Waals surface area contributed by atoms with Crippen molar-refractivity contribution in [1.82, 2.24) is 15.3 Å². The Balaban J connectivity index is 1.71. The van der Waals surface area contributed by atoms with Crippen molar-refractivity contribution in [2.75, 3.05) is 19.0 Å². The Morgan fingerprint density at radius 2 is 2.15 bits per heavy atom. The summed E-state index contributed by atoms with van der Waals surface area (Å²) in [7, 11) is 1.99. The molecule has 6 nitrogen and oxygen atoms in total. The molecule has 110 valence electrons. The summed E-state index contributed by atoms with van der Waals surface area (Å²) >= 11 is 0. The molecule has 0 saturated heterocycles. The minimum atomic E-state index is -0.0620. The molecule has 2 rings (SSSR count). The van der Waals surface area contributed by atoms with Crippen LogP contribution in [-0.2, 0) is 4.79 Å². The maximum Gasteiger partial charge on any atom is 0.252 e. The third-order valence-corrected chi connectivity index (χ3v) is 3.75. The smallest absolute Gasteiger partial charge is 0.252 e. The number of nitrogens with two attached hydrogens (primary N) is 1. The number of pyridine rings is 1. The number of nitrogens with zero attached hydrogens (tertiary/aromatic N) is 2. The van der Waals surface area contributed by atoms with Crippen molar-refractivity contribution < 1.29 is 4.79 Å². The van der Waals surface area contributed by atoms with Crippen molar-refractivity contribution in [2.24, 2.45) is 5.73 Å². The van der Waals surface area contributed by atoms with Gasteiger partial charge in [0.15, 0.2) is 0 Å². The van der Waals surface area contributed by atoms with E-state index in [9.17, 15) is 4.79 Å². The first-order valence-corrected chi connectivity index (χ1v) is 7.07. The maximum atomic E-state index is 11.9. The molecule has 1 aromatic heterocycles. The first kappa shape index (κ1) is 14.7. The van der Waals surface area contributed by atoms with Crippen molar-refractivity contribution in [3.63, 3.8) is 0 Å². The molecule has 6 heteroatoms. The summed E-state index contributed by atoms with van der Waals surface area (Å²) < 4.78 is 0. The first-order chi connectivity index (χ1) is 9.65. The highest BCUT2D eigenvalue weighted by Gasteiger charge is 2.23. The number of nitrogens with one attached hydrogen (secondary N) is 2. The highest BCUT2D eigenvalue weighted by molar-refractivity contribution is 5.79. The fraction of sp³-hybridized carbons (Fsp3) is 0.571. The number of carbonyl (C=O) groups is 1. The quantitative estimate of drug-likeness (QED) is 0.691. The minimum absolute atomic E-state index is 0.0620. The number of rotatable bonds is 5. The van der Waals surface area contributed by atoms with Crippen LogP contribution in [0.15, 0.2) is 24.4 Å². The van der Waals surface area contributed by atoms with Crippen LogP contribution in [0.4, 0.5) is 5.82 Å². The molecule has 0 aromatic carbocycles. The topological polar surface area (TPSA) is 83.3 Å². The number of hydrogen-bond donors (Lipinski definition) is 3. The number of hydrogen-bond acceptors (Lipinski definition) is 5. The third kappa shape index (κ3) is 4.47. The minimum Gasteiger partial charge on any atom is -0.328 e. The summed E-state index contributed by atoms with van der Waals surface area (Å²) in [5.74, 6) is 0.570. The van der Waals surface area contributed by atoms with Gasteiger partial charge in [-0.25, -0.2) is 4.98 Å². The molecule has 1 aliphatic rings. The lowest BCUT2D eigenvalue weighted by Crippen LogP contribution is -2.44. The molecule has 1 fully saturated rings. The number of likely N-dealkylation sites (N-methyl/N-ethyl adjacent to an activating group) is 1. The van der Waals surface area contributed by atoms with E-state index in [0.717, 1.165) is 25.7 Å². The van der Waals surface area contributed by atoms with E-state index in [-0.39, 0.29) is 5.91 Å². The zero-order valence-electron chi connectivity index (χ0n) is 11.9. The lowest BCUT2D eigenvalue weighted by molar-refractivity contribution is -0.122. The van der Waals surface area contributed by atoms with Crippen molar-refractivity contribution >= 4 is 11.7 Å². The molecule has 0 spiro atoms. The van der Waals surface area contributed by atoms with E-state index in [0.29, 0.717) is 24.4 Å². The molecule has 1 heterocycles. The standard InChI is InChI=1S/C14H23N5O/c1-19(12-7-5-11(15)6-8-12)10-14(20)18-17-13-4-2-3-9-16-13/h2-4,9,11-12H,5-8,10,15H2,1H3,(H,16,17)(H,18,20). The van der Waals surface area contributed by atoms with Crippen LogP contribution < -0.4 is 16.6 Å². The van der Waals surface area contributed by atoms with Gasteiger partial charge in [-0.3, -0.25) is 20.5 Å². The van der Waals surface area contributed by atoms with Crippen LogP contribution in [0.25, 0.3) is 0 Å². The number of hydrazine groups is 1.